The Hall–Kier alpha value is -3.49. The number of aromatic nitrogens is 4. The fraction of sp³-hybridized carbons (Fsp3) is 0.409. The maximum Gasteiger partial charge on any atom is 0.228 e. The number of rotatable bonds is 5. The number of pyridine rings is 1. The second-order valence-corrected chi connectivity index (χ2v) is 8.11. The van der Waals surface area contributed by atoms with Gasteiger partial charge in [0, 0.05) is 37.0 Å². The van der Waals surface area contributed by atoms with Crippen molar-refractivity contribution in [2.75, 3.05) is 29.0 Å². The average Bonchev–Trinajstić information content (AvgIpc) is 3.14. The second-order valence-electron chi connectivity index (χ2n) is 8.11. The molecule has 0 bridgehead atoms. The highest BCUT2D eigenvalue weighted by Gasteiger charge is 2.27. The van der Waals surface area contributed by atoms with Crippen molar-refractivity contribution >= 4 is 34.5 Å². The van der Waals surface area contributed by atoms with Gasteiger partial charge in [0.2, 0.25) is 17.8 Å². The van der Waals surface area contributed by atoms with Gasteiger partial charge in [0.15, 0.2) is 0 Å². The number of carbonyl (C=O) groups excluding carboxylic acids is 1. The second kappa shape index (κ2) is 8.33. The molecule has 2 atom stereocenters. The molecule has 4 N–H and O–H groups in total. The minimum atomic E-state index is -0.117. The van der Waals surface area contributed by atoms with Crippen LogP contribution in [-0.2, 0) is 4.79 Å². The van der Waals surface area contributed by atoms with Gasteiger partial charge in [-0.3, -0.25) is 4.79 Å². The summed E-state index contributed by atoms with van der Waals surface area (Å²) in [5, 5.41) is 7.45. The quantitative estimate of drug-likeness (QED) is 0.575. The molecule has 1 fully saturated rings. The van der Waals surface area contributed by atoms with Crippen molar-refractivity contribution in [1.82, 2.24) is 25.3 Å². The van der Waals surface area contributed by atoms with Crippen LogP contribution in [0, 0.1) is 13.8 Å². The summed E-state index contributed by atoms with van der Waals surface area (Å²) in [4.78, 5) is 31.4. The van der Waals surface area contributed by atoms with E-state index in [2.05, 4.69) is 62.5 Å². The van der Waals surface area contributed by atoms with Gasteiger partial charge in [-0.1, -0.05) is 18.2 Å². The minimum absolute atomic E-state index is 0.00721. The lowest BCUT2D eigenvalue weighted by atomic mass is 10.0. The number of carbonyl (C=O) groups is 1. The lowest BCUT2D eigenvalue weighted by Gasteiger charge is -2.25. The van der Waals surface area contributed by atoms with Crippen LogP contribution in [0.15, 0.2) is 24.3 Å². The molecule has 0 saturated carbocycles. The van der Waals surface area contributed by atoms with Crippen molar-refractivity contribution in [2.45, 2.75) is 46.2 Å². The highest BCUT2D eigenvalue weighted by Crippen LogP contribution is 2.33. The Morgan fingerprint density at radius 2 is 2.03 bits per heavy atom. The number of benzene rings is 1. The van der Waals surface area contributed by atoms with E-state index in [1.54, 1.807) is 13.8 Å². The van der Waals surface area contributed by atoms with E-state index in [9.17, 15) is 4.79 Å². The first kappa shape index (κ1) is 20.8. The molecule has 162 valence electrons. The molecule has 3 heterocycles. The summed E-state index contributed by atoms with van der Waals surface area (Å²) in [6.45, 7) is 9.01. The van der Waals surface area contributed by atoms with E-state index in [0.29, 0.717) is 11.8 Å². The number of hydrogen-bond donors (Lipinski definition) is 3. The largest absolute Gasteiger partial charge is 0.368 e. The van der Waals surface area contributed by atoms with E-state index in [-0.39, 0.29) is 23.9 Å². The van der Waals surface area contributed by atoms with Gasteiger partial charge in [-0.2, -0.15) is 15.0 Å². The van der Waals surface area contributed by atoms with E-state index in [1.165, 1.54) is 0 Å². The number of nitrogen functional groups attached to an aromatic ring is 1. The van der Waals surface area contributed by atoms with E-state index in [4.69, 9.17) is 10.7 Å². The normalized spacial score (nSPS) is 17.0. The summed E-state index contributed by atoms with van der Waals surface area (Å²) in [6, 6.07) is 8.36. The molecule has 1 aliphatic rings. The molecule has 1 unspecified atom stereocenters. The molecule has 9 nitrogen and oxygen atoms in total. The van der Waals surface area contributed by atoms with Crippen LogP contribution in [0.25, 0.3) is 10.9 Å². The number of anilines is 3. The number of aryl methyl sites for hydroxylation is 2. The Morgan fingerprint density at radius 1 is 1.23 bits per heavy atom. The van der Waals surface area contributed by atoms with Crippen LogP contribution in [0.5, 0.6) is 0 Å². The standard InChI is InChI=1S/C22H28N8O/c1-12-6-5-7-16-10-18(13(2)24-22-26-14(3)25-21(23)29-22)20(28-19(12)16)30-9-8-17(11-30)27-15(4)31/h5-7,10,13,17H,8-9,11H2,1-4H3,(H,27,31)(H3,23,24,25,26,29)/t13-,17?/m0/s1. The zero-order valence-corrected chi connectivity index (χ0v) is 18.3. The Balaban J connectivity index is 1.72. The third-order valence-corrected chi connectivity index (χ3v) is 5.53. The summed E-state index contributed by atoms with van der Waals surface area (Å²) in [6.07, 6.45) is 0.886. The number of fused-ring (bicyclic) bond motifs is 1. The smallest absolute Gasteiger partial charge is 0.228 e. The predicted molar refractivity (Wildman–Crippen MR) is 122 cm³/mol. The molecule has 2 aromatic heterocycles. The molecule has 0 radical (unpaired) electrons. The molecule has 0 spiro atoms. The molecule has 1 aliphatic heterocycles. The number of amides is 1. The van der Waals surface area contributed by atoms with Crippen molar-refractivity contribution in [2.24, 2.45) is 0 Å². The van der Waals surface area contributed by atoms with Crippen LogP contribution in [-0.4, -0.2) is 45.0 Å². The van der Waals surface area contributed by atoms with Gasteiger partial charge in [0.25, 0.3) is 0 Å². The number of nitrogens with two attached hydrogens (primary N) is 1. The highest BCUT2D eigenvalue weighted by molar-refractivity contribution is 5.85. The maximum atomic E-state index is 11.5. The minimum Gasteiger partial charge on any atom is -0.368 e. The van der Waals surface area contributed by atoms with E-state index in [0.717, 1.165) is 47.4 Å². The number of nitrogens with one attached hydrogen (secondary N) is 2. The van der Waals surface area contributed by atoms with Crippen molar-refractivity contribution in [3.05, 3.63) is 41.2 Å². The van der Waals surface area contributed by atoms with Crippen molar-refractivity contribution in [3.8, 4) is 0 Å². The third-order valence-electron chi connectivity index (χ3n) is 5.53. The summed E-state index contributed by atoms with van der Waals surface area (Å²) in [5.74, 6) is 2.09. The lowest BCUT2D eigenvalue weighted by Crippen LogP contribution is -2.36. The van der Waals surface area contributed by atoms with Crippen molar-refractivity contribution in [1.29, 1.82) is 0 Å². The molecule has 4 rings (SSSR count). The Bertz CT molecular complexity index is 1110. The average molecular weight is 421 g/mol. The van der Waals surface area contributed by atoms with E-state index >= 15 is 0 Å². The fourth-order valence-corrected chi connectivity index (χ4v) is 4.12. The first-order chi connectivity index (χ1) is 14.8. The SMILES string of the molecule is CC(=O)NC1CCN(c2nc3c(C)cccc3cc2[C@H](C)Nc2nc(C)nc(N)n2)C1. The summed E-state index contributed by atoms with van der Waals surface area (Å²) in [7, 11) is 0. The Morgan fingerprint density at radius 3 is 2.77 bits per heavy atom. The van der Waals surface area contributed by atoms with Crippen LogP contribution in [0.2, 0.25) is 0 Å². The highest BCUT2D eigenvalue weighted by atomic mass is 16.1. The van der Waals surface area contributed by atoms with Crippen molar-refractivity contribution in [3.63, 3.8) is 0 Å². The van der Waals surface area contributed by atoms with Crippen LogP contribution in [0.4, 0.5) is 17.7 Å². The number of nitrogens with zero attached hydrogens (tertiary/aromatic N) is 5. The van der Waals surface area contributed by atoms with Gasteiger partial charge in [-0.25, -0.2) is 4.98 Å². The number of para-hydroxylation sites is 1. The van der Waals surface area contributed by atoms with Gasteiger partial charge < -0.3 is 21.3 Å². The van der Waals surface area contributed by atoms with Crippen LogP contribution in [0.1, 0.15) is 43.3 Å². The lowest BCUT2D eigenvalue weighted by molar-refractivity contribution is -0.119. The van der Waals surface area contributed by atoms with E-state index < -0.39 is 0 Å². The molecular formula is C22H28N8O. The molecule has 0 aliphatic carbocycles. The monoisotopic (exact) mass is 420 g/mol. The van der Waals surface area contributed by atoms with Crippen molar-refractivity contribution < 1.29 is 4.79 Å². The van der Waals surface area contributed by atoms with Crippen LogP contribution in [0.3, 0.4) is 0 Å². The molecule has 3 aromatic rings. The van der Waals surface area contributed by atoms with Gasteiger partial charge in [-0.05, 0) is 38.8 Å². The fourth-order valence-electron chi connectivity index (χ4n) is 4.12. The van der Waals surface area contributed by atoms with Gasteiger partial charge in [-0.15, -0.1) is 0 Å². The maximum absolute atomic E-state index is 11.5. The molecule has 1 saturated heterocycles. The molecule has 31 heavy (non-hydrogen) atoms. The first-order valence-electron chi connectivity index (χ1n) is 10.5. The number of hydrogen-bond acceptors (Lipinski definition) is 8. The first-order valence-corrected chi connectivity index (χ1v) is 10.5. The summed E-state index contributed by atoms with van der Waals surface area (Å²) >= 11 is 0. The molecule has 1 amide bonds. The molecule has 1 aromatic carbocycles. The Kier molecular flexibility index (Phi) is 5.58. The predicted octanol–water partition coefficient (Wildman–Crippen LogP) is 2.51. The topological polar surface area (TPSA) is 122 Å². The molecule has 9 heteroatoms. The van der Waals surface area contributed by atoms with Gasteiger partial charge in [0.05, 0.1) is 11.6 Å². The third kappa shape index (κ3) is 4.50. The van der Waals surface area contributed by atoms with Crippen LogP contribution >= 0.6 is 0 Å². The Labute approximate surface area is 181 Å². The summed E-state index contributed by atoms with van der Waals surface area (Å²) in [5.41, 5.74) is 8.94. The zero-order chi connectivity index (χ0) is 22.1. The van der Waals surface area contributed by atoms with Gasteiger partial charge in [0.1, 0.15) is 11.6 Å². The summed E-state index contributed by atoms with van der Waals surface area (Å²) < 4.78 is 0. The van der Waals surface area contributed by atoms with Crippen LogP contribution < -0.4 is 21.3 Å². The molecular weight excluding hydrogens is 392 g/mol. The van der Waals surface area contributed by atoms with Gasteiger partial charge >= 0.3 is 0 Å². The zero-order valence-electron chi connectivity index (χ0n) is 18.3. The van der Waals surface area contributed by atoms with E-state index in [1.807, 2.05) is 6.07 Å².